The molecule has 0 radical (unpaired) electrons. The maximum Gasteiger partial charge on any atom is 0.0331 e. The fourth-order valence-electron chi connectivity index (χ4n) is 0.256. The predicted molar refractivity (Wildman–Crippen MR) is 43.3 cm³/mol. The second kappa shape index (κ2) is 4.12. The molecular formula is C6H10ClP. The lowest BCUT2D eigenvalue weighted by molar-refractivity contribution is 1.25. The summed E-state index contributed by atoms with van der Waals surface area (Å²) in [6.07, 6.45) is 3.76. The molecule has 2 atom stereocenters. The Kier molecular flexibility index (Phi) is 4.22. The first kappa shape index (κ1) is 8.20. The summed E-state index contributed by atoms with van der Waals surface area (Å²) in [5.74, 6) is 0. The molecule has 0 aromatic heterocycles. The van der Waals surface area contributed by atoms with Gasteiger partial charge >= 0.3 is 0 Å². The predicted octanol–water partition coefficient (Wildman–Crippen LogP) is 2.56. The zero-order chi connectivity index (χ0) is 6.57. The minimum Gasteiger partial charge on any atom is -0.131 e. The molecule has 0 N–H and O–H groups in total. The molecular weight excluding hydrogens is 138 g/mol. The molecule has 8 heavy (non-hydrogen) atoms. The highest BCUT2D eigenvalue weighted by Crippen LogP contribution is 2.03. The van der Waals surface area contributed by atoms with Crippen LogP contribution in [0.15, 0.2) is 23.8 Å². The number of halogens is 1. The van der Waals surface area contributed by atoms with Crippen LogP contribution >= 0.6 is 20.8 Å². The minimum absolute atomic E-state index is 0.477. The van der Waals surface area contributed by atoms with E-state index in [1.165, 1.54) is 0 Å². The Bertz CT molecular complexity index is 105. The van der Waals surface area contributed by atoms with Crippen LogP contribution in [0.3, 0.4) is 0 Å². The molecule has 46 valence electrons. The van der Waals surface area contributed by atoms with Crippen molar-refractivity contribution in [1.29, 1.82) is 0 Å². The average molecular weight is 149 g/mol. The highest BCUT2D eigenvalue weighted by molar-refractivity contribution is 7.17. The molecule has 0 nitrogen and oxygen atoms in total. The van der Waals surface area contributed by atoms with Crippen LogP contribution in [0, 0.1) is 0 Å². The Morgan fingerprint density at radius 1 is 1.88 bits per heavy atom. The summed E-state index contributed by atoms with van der Waals surface area (Å²) in [4.78, 5) is 0. The fraction of sp³-hybridized carbons (Fsp3) is 0.333. The van der Waals surface area contributed by atoms with Gasteiger partial charge in [0.05, 0.1) is 0 Å². The lowest BCUT2D eigenvalue weighted by atomic mass is 10.4. The third-order valence-corrected chi connectivity index (χ3v) is 0.929. The summed E-state index contributed by atoms with van der Waals surface area (Å²) in [5, 5.41) is 0.583. The van der Waals surface area contributed by atoms with Crippen molar-refractivity contribution in [2.75, 3.05) is 0 Å². The molecule has 0 aliphatic rings. The second-order valence-corrected chi connectivity index (χ2v) is 3.20. The van der Waals surface area contributed by atoms with Crippen LogP contribution in [0.4, 0.5) is 0 Å². The Labute approximate surface area is 57.8 Å². The topological polar surface area (TPSA) is 0 Å². The summed E-state index contributed by atoms with van der Waals surface area (Å²) >= 11 is 5.43. The van der Waals surface area contributed by atoms with E-state index in [9.17, 15) is 0 Å². The van der Waals surface area contributed by atoms with E-state index < -0.39 is 0 Å². The van der Waals surface area contributed by atoms with Crippen molar-refractivity contribution in [3.05, 3.63) is 23.8 Å². The van der Waals surface area contributed by atoms with Gasteiger partial charge < -0.3 is 0 Å². The quantitative estimate of drug-likeness (QED) is 0.417. The molecule has 0 amide bonds. The number of hydrogen-bond acceptors (Lipinski definition) is 0. The molecule has 0 saturated carbocycles. The van der Waals surface area contributed by atoms with E-state index in [2.05, 4.69) is 22.7 Å². The van der Waals surface area contributed by atoms with Gasteiger partial charge in [-0.15, -0.1) is 9.24 Å². The molecule has 0 aromatic rings. The van der Waals surface area contributed by atoms with Crippen molar-refractivity contribution < 1.29 is 0 Å². The first-order valence-electron chi connectivity index (χ1n) is 2.41. The highest BCUT2D eigenvalue weighted by atomic mass is 35.5. The maximum absolute atomic E-state index is 5.43. The van der Waals surface area contributed by atoms with E-state index >= 15 is 0 Å². The van der Waals surface area contributed by atoms with Crippen LogP contribution in [0.2, 0.25) is 0 Å². The molecule has 0 fully saturated rings. The van der Waals surface area contributed by atoms with Gasteiger partial charge in [0.1, 0.15) is 0 Å². The number of hydrogen-bond donors (Lipinski definition) is 0. The standard InChI is InChI=1S/C6H10ClP/c1-5(7)3-4-6(2)8/h3-4,6H,1,8H2,2H3/b4-3-. The van der Waals surface area contributed by atoms with Crippen molar-refractivity contribution in [2.45, 2.75) is 12.6 Å². The monoisotopic (exact) mass is 148 g/mol. The molecule has 2 unspecified atom stereocenters. The Morgan fingerprint density at radius 3 is 2.50 bits per heavy atom. The summed E-state index contributed by atoms with van der Waals surface area (Å²) < 4.78 is 0. The average Bonchev–Trinajstić information content (AvgIpc) is 1.61. The van der Waals surface area contributed by atoms with E-state index in [4.69, 9.17) is 11.6 Å². The van der Waals surface area contributed by atoms with Crippen LogP contribution in [0.25, 0.3) is 0 Å². The Hall–Kier alpha value is 0.200. The van der Waals surface area contributed by atoms with Gasteiger partial charge in [0.15, 0.2) is 0 Å². The highest BCUT2D eigenvalue weighted by Gasteiger charge is 1.82. The maximum atomic E-state index is 5.43. The van der Waals surface area contributed by atoms with Gasteiger partial charge in [0.2, 0.25) is 0 Å². The van der Waals surface area contributed by atoms with Crippen molar-refractivity contribution in [1.82, 2.24) is 0 Å². The summed E-state index contributed by atoms with van der Waals surface area (Å²) in [7, 11) is 2.64. The molecule has 0 aliphatic heterocycles. The summed E-state index contributed by atoms with van der Waals surface area (Å²) in [6.45, 7) is 5.55. The van der Waals surface area contributed by atoms with Gasteiger partial charge in [-0.05, 0) is 11.7 Å². The van der Waals surface area contributed by atoms with Gasteiger partial charge in [-0.1, -0.05) is 31.2 Å². The SMILES string of the molecule is C=C(Cl)/C=C\C(C)P. The fourth-order valence-corrected chi connectivity index (χ4v) is 0.440. The summed E-state index contributed by atoms with van der Waals surface area (Å²) in [5.41, 5.74) is 0.477. The van der Waals surface area contributed by atoms with E-state index in [0.29, 0.717) is 10.7 Å². The van der Waals surface area contributed by atoms with Crippen LogP contribution in [-0.4, -0.2) is 5.66 Å². The second-order valence-electron chi connectivity index (χ2n) is 1.67. The van der Waals surface area contributed by atoms with Crippen LogP contribution in [-0.2, 0) is 0 Å². The van der Waals surface area contributed by atoms with E-state index in [0.717, 1.165) is 0 Å². The van der Waals surface area contributed by atoms with Gasteiger partial charge in [0, 0.05) is 5.03 Å². The molecule has 0 aliphatic carbocycles. The largest absolute Gasteiger partial charge is 0.131 e. The van der Waals surface area contributed by atoms with Crippen molar-refractivity contribution in [2.24, 2.45) is 0 Å². The molecule has 0 saturated heterocycles. The van der Waals surface area contributed by atoms with Crippen LogP contribution in [0.5, 0.6) is 0 Å². The van der Waals surface area contributed by atoms with Gasteiger partial charge in [-0.3, -0.25) is 0 Å². The molecule has 0 bridgehead atoms. The zero-order valence-electron chi connectivity index (χ0n) is 4.89. The summed E-state index contributed by atoms with van der Waals surface area (Å²) in [6, 6.07) is 0. The zero-order valence-corrected chi connectivity index (χ0v) is 6.81. The van der Waals surface area contributed by atoms with E-state index in [1.807, 2.05) is 6.08 Å². The third-order valence-electron chi connectivity index (χ3n) is 0.581. The lowest BCUT2D eigenvalue weighted by Gasteiger charge is -1.90. The third kappa shape index (κ3) is 6.20. The van der Waals surface area contributed by atoms with E-state index in [1.54, 1.807) is 6.08 Å². The molecule has 0 heterocycles. The van der Waals surface area contributed by atoms with Crippen LogP contribution in [0.1, 0.15) is 6.92 Å². The smallest absolute Gasteiger partial charge is 0.0331 e. The Morgan fingerprint density at radius 2 is 2.38 bits per heavy atom. The van der Waals surface area contributed by atoms with Gasteiger partial charge in [0.25, 0.3) is 0 Å². The molecule has 2 heteroatoms. The van der Waals surface area contributed by atoms with Gasteiger partial charge in [-0.2, -0.15) is 0 Å². The first-order valence-corrected chi connectivity index (χ1v) is 3.45. The first-order chi connectivity index (χ1) is 3.63. The van der Waals surface area contributed by atoms with Gasteiger partial charge in [-0.25, -0.2) is 0 Å². The molecule has 0 spiro atoms. The Balaban J connectivity index is 3.50. The van der Waals surface area contributed by atoms with Crippen molar-refractivity contribution in [3.8, 4) is 0 Å². The normalized spacial score (nSPS) is 14.4. The molecule has 0 aromatic carbocycles. The van der Waals surface area contributed by atoms with Crippen molar-refractivity contribution >= 4 is 20.8 Å². The van der Waals surface area contributed by atoms with Crippen LogP contribution < -0.4 is 0 Å². The lowest BCUT2D eigenvalue weighted by Crippen LogP contribution is -1.77. The van der Waals surface area contributed by atoms with Crippen molar-refractivity contribution in [3.63, 3.8) is 0 Å². The number of rotatable bonds is 2. The minimum atomic E-state index is 0.477. The molecule has 0 rings (SSSR count). The van der Waals surface area contributed by atoms with E-state index in [-0.39, 0.29) is 0 Å². The number of allylic oxidation sites excluding steroid dienone is 3.